The lowest BCUT2D eigenvalue weighted by molar-refractivity contribution is -0.117. The van der Waals surface area contributed by atoms with Crippen LogP contribution >= 0.6 is 0 Å². The average Bonchev–Trinajstić information content (AvgIpc) is 2.31. The fourth-order valence-electron chi connectivity index (χ4n) is 1.55. The molecule has 0 bridgehead atoms. The number of carbonyl (C=O) groups excluding carboxylic acids is 1. The number of hydrogen-bond donors (Lipinski definition) is 1. The lowest BCUT2D eigenvalue weighted by atomic mass is 10.3. The van der Waals surface area contributed by atoms with E-state index in [0.717, 1.165) is 18.5 Å². The van der Waals surface area contributed by atoms with Gasteiger partial charge in [0, 0.05) is 12.2 Å². The number of anilines is 1. The molecular weight excluding hydrogens is 192 g/mol. The van der Waals surface area contributed by atoms with Crippen molar-refractivity contribution in [1.29, 1.82) is 0 Å². The van der Waals surface area contributed by atoms with E-state index in [0.29, 0.717) is 13.2 Å². The molecule has 4 heteroatoms. The molecule has 0 saturated carbocycles. The van der Waals surface area contributed by atoms with E-state index < -0.39 is 0 Å². The Morgan fingerprint density at radius 1 is 1.40 bits per heavy atom. The van der Waals surface area contributed by atoms with Crippen molar-refractivity contribution in [1.82, 2.24) is 5.01 Å². The zero-order valence-corrected chi connectivity index (χ0v) is 8.43. The summed E-state index contributed by atoms with van der Waals surface area (Å²) in [6, 6.07) is 9.62. The van der Waals surface area contributed by atoms with Crippen molar-refractivity contribution in [3.63, 3.8) is 0 Å². The van der Waals surface area contributed by atoms with E-state index >= 15 is 0 Å². The Hall–Kier alpha value is -1.39. The summed E-state index contributed by atoms with van der Waals surface area (Å²) in [5.41, 5.74) is 4.20. The smallest absolute Gasteiger partial charge is 0.141 e. The Bertz CT molecular complexity index is 316. The number of nitrogens with zero attached hydrogens (tertiary/aromatic N) is 1. The summed E-state index contributed by atoms with van der Waals surface area (Å²) in [6.45, 7) is 1.84. The van der Waals surface area contributed by atoms with Crippen molar-refractivity contribution in [3.8, 4) is 0 Å². The second kappa shape index (κ2) is 4.91. The third-order valence-corrected chi connectivity index (χ3v) is 2.37. The van der Waals surface area contributed by atoms with Crippen molar-refractivity contribution < 1.29 is 9.53 Å². The van der Waals surface area contributed by atoms with Crippen LogP contribution in [0.3, 0.4) is 0 Å². The Labute approximate surface area is 88.8 Å². The molecule has 1 fully saturated rings. The number of benzene rings is 1. The molecule has 1 atom stereocenters. The van der Waals surface area contributed by atoms with E-state index in [1.54, 1.807) is 0 Å². The predicted octanol–water partition coefficient (Wildman–Crippen LogP) is 0.913. The molecule has 1 aliphatic heterocycles. The first-order valence-electron chi connectivity index (χ1n) is 5.01. The number of rotatable bonds is 3. The molecule has 1 saturated heterocycles. The number of ether oxygens (including phenoxy) is 1. The minimum absolute atomic E-state index is 0.195. The van der Waals surface area contributed by atoms with Crippen molar-refractivity contribution in [3.05, 3.63) is 30.3 Å². The quantitative estimate of drug-likeness (QED) is 0.746. The molecule has 0 radical (unpaired) electrons. The van der Waals surface area contributed by atoms with Gasteiger partial charge in [0.05, 0.1) is 13.2 Å². The van der Waals surface area contributed by atoms with Crippen LogP contribution < -0.4 is 5.43 Å². The second-order valence-electron chi connectivity index (χ2n) is 3.45. The summed E-state index contributed by atoms with van der Waals surface area (Å²) in [7, 11) is 0. The van der Waals surface area contributed by atoms with Gasteiger partial charge in [-0.25, -0.2) is 5.01 Å². The molecule has 15 heavy (non-hydrogen) atoms. The summed E-state index contributed by atoms with van der Waals surface area (Å²) in [4.78, 5) is 10.8. The standard InChI is InChI=1S/C11H14N2O2/c14-8-11-9-15-7-6-13(11)12-10-4-2-1-3-5-10/h1-5,8,11-12H,6-7,9H2. The molecule has 4 nitrogen and oxygen atoms in total. The van der Waals surface area contributed by atoms with E-state index in [2.05, 4.69) is 5.43 Å². The van der Waals surface area contributed by atoms with Crippen molar-refractivity contribution in [2.24, 2.45) is 0 Å². The van der Waals surface area contributed by atoms with Crippen LogP contribution in [-0.2, 0) is 9.53 Å². The normalized spacial score (nSPS) is 22.3. The van der Waals surface area contributed by atoms with Crippen LogP contribution in [0.1, 0.15) is 0 Å². The summed E-state index contributed by atoms with van der Waals surface area (Å²) < 4.78 is 5.23. The Kier molecular flexibility index (Phi) is 3.32. The van der Waals surface area contributed by atoms with Crippen LogP contribution in [0.15, 0.2) is 30.3 Å². The van der Waals surface area contributed by atoms with Gasteiger partial charge in [0.25, 0.3) is 0 Å². The molecule has 1 unspecified atom stereocenters. The minimum atomic E-state index is -0.195. The van der Waals surface area contributed by atoms with Gasteiger partial charge in [-0.15, -0.1) is 0 Å². The van der Waals surface area contributed by atoms with Crippen LogP contribution in [0.4, 0.5) is 5.69 Å². The zero-order valence-electron chi connectivity index (χ0n) is 8.43. The minimum Gasteiger partial charge on any atom is -0.378 e. The maximum atomic E-state index is 10.8. The Balaban J connectivity index is 2.00. The number of para-hydroxylation sites is 1. The maximum Gasteiger partial charge on any atom is 0.141 e. The van der Waals surface area contributed by atoms with E-state index in [1.165, 1.54) is 0 Å². The number of aldehydes is 1. The summed E-state index contributed by atoms with van der Waals surface area (Å²) >= 11 is 0. The third-order valence-electron chi connectivity index (χ3n) is 2.37. The lowest BCUT2D eigenvalue weighted by Crippen LogP contribution is -2.49. The van der Waals surface area contributed by atoms with Gasteiger partial charge >= 0.3 is 0 Å². The Morgan fingerprint density at radius 2 is 2.20 bits per heavy atom. The SMILES string of the molecule is O=CC1COCCN1Nc1ccccc1. The topological polar surface area (TPSA) is 41.6 Å². The van der Waals surface area contributed by atoms with Crippen molar-refractivity contribution in [2.75, 3.05) is 25.2 Å². The number of morpholine rings is 1. The summed E-state index contributed by atoms with van der Waals surface area (Å²) in [6.07, 6.45) is 0.912. The van der Waals surface area contributed by atoms with Crippen LogP contribution in [0, 0.1) is 0 Å². The van der Waals surface area contributed by atoms with E-state index in [-0.39, 0.29) is 6.04 Å². The fraction of sp³-hybridized carbons (Fsp3) is 0.364. The lowest BCUT2D eigenvalue weighted by Gasteiger charge is -2.32. The van der Waals surface area contributed by atoms with Gasteiger partial charge < -0.3 is 15.0 Å². The fourth-order valence-corrected chi connectivity index (χ4v) is 1.55. The molecule has 1 aliphatic rings. The highest BCUT2D eigenvalue weighted by atomic mass is 16.5. The molecule has 1 N–H and O–H groups in total. The van der Waals surface area contributed by atoms with Gasteiger partial charge in [-0.3, -0.25) is 0 Å². The van der Waals surface area contributed by atoms with Crippen molar-refractivity contribution in [2.45, 2.75) is 6.04 Å². The number of hydrogen-bond acceptors (Lipinski definition) is 4. The van der Waals surface area contributed by atoms with E-state index in [4.69, 9.17) is 4.74 Å². The first-order valence-corrected chi connectivity index (χ1v) is 5.01. The molecule has 1 heterocycles. The van der Waals surface area contributed by atoms with Crippen LogP contribution in [0.5, 0.6) is 0 Å². The van der Waals surface area contributed by atoms with Gasteiger partial charge in [0.1, 0.15) is 12.3 Å². The van der Waals surface area contributed by atoms with Crippen LogP contribution in [0.2, 0.25) is 0 Å². The van der Waals surface area contributed by atoms with E-state index in [9.17, 15) is 4.79 Å². The first kappa shape index (κ1) is 10.1. The summed E-state index contributed by atoms with van der Waals surface area (Å²) in [5.74, 6) is 0. The predicted molar refractivity (Wildman–Crippen MR) is 57.4 cm³/mol. The second-order valence-corrected chi connectivity index (χ2v) is 3.45. The van der Waals surface area contributed by atoms with Crippen LogP contribution in [0.25, 0.3) is 0 Å². The highest BCUT2D eigenvalue weighted by Gasteiger charge is 2.21. The molecule has 0 amide bonds. The number of nitrogens with one attached hydrogen (secondary N) is 1. The molecular formula is C11H14N2O2. The van der Waals surface area contributed by atoms with E-state index in [1.807, 2.05) is 35.3 Å². The monoisotopic (exact) mass is 206 g/mol. The Morgan fingerprint density at radius 3 is 2.93 bits per heavy atom. The molecule has 0 spiro atoms. The van der Waals surface area contributed by atoms with Crippen molar-refractivity contribution >= 4 is 12.0 Å². The van der Waals surface area contributed by atoms with Gasteiger partial charge in [0.15, 0.2) is 0 Å². The first-order chi connectivity index (χ1) is 7.40. The van der Waals surface area contributed by atoms with Gasteiger partial charge in [-0.05, 0) is 12.1 Å². The molecule has 1 aromatic carbocycles. The van der Waals surface area contributed by atoms with Gasteiger partial charge in [0.2, 0.25) is 0 Å². The largest absolute Gasteiger partial charge is 0.378 e. The molecule has 80 valence electrons. The number of carbonyl (C=O) groups is 1. The summed E-state index contributed by atoms with van der Waals surface area (Å²) in [5, 5.41) is 1.91. The zero-order chi connectivity index (χ0) is 10.5. The van der Waals surface area contributed by atoms with Crippen LogP contribution in [-0.4, -0.2) is 37.1 Å². The molecule has 1 aromatic rings. The maximum absolute atomic E-state index is 10.8. The molecule has 0 aromatic heterocycles. The van der Waals surface area contributed by atoms with Gasteiger partial charge in [-0.2, -0.15) is 0 Å². The molecule has 2 rings (SSSR count). The highest BCUT2D eigenvalue weighted by molar-refractivity contribution is 5.58. The number of hydrazine groups is 1. The van der Waals surface area contributed by atoms with Gasteiger partial charge in [-0.1, -0.05) is 18.2 Å². The third kappa shape index (κ3) is 2.55. The molecule has 0 aliphatic carbocycles. The highest BCUT2D eigenvalue weighted by Crippen LogP contribution is 2.10. The average molecular weight is 206 g/mol.